The zero-order valence-electron chi connectivity index (χ0n) is 8.40. The molecule has 0 nitrogen and oxygen atoms in total. The average Bonchev–Trinajstić information content (AvgIpc) is 2.55. The van der Waals surface area contributed by atoms with E-state index in [9.17, 15) is 0 Å². The van der Waals surface area contributed by atoms with E-state index in [-0.39, 0.29) is 5.89 Å². The van der Waals surface area contributed by atoms with Gasteiger partial charge in [0.1, 0.15) is 0 Å². The maximum Gasteiger partial charge on any atom is 0.0349 e. The van der Waals surface area contributed by atoms with Gasteiger partial charge in [0.05, 0.1) is 0 Å². The molecule has 0 heteroatoms. The first-order valence-electron chi connectivity index (χ1n) is 5.46. The molecule has 0 aromatic heterocycles. The van der Waals surface area contributed by atoms with Gasteiger partial charge >= 0.3 is 0 Å². The average molecular weight is 151 g/mol. The summed E-state index contributed by atoms with van der Waals surface area (Å²) in [6, 6.07) is 0. The Bertz CT molecular complexity index is 207. The third-order valence-electron chi connectivity index (χ3n) is 3.02. The molecule has 2 atom stereocenters. The molecule has 2 rings (SSSR count). The van der Waals surface area contributed by atoms with Gasteiger partial charge in [-0.1, -0.05) is 25.0 Å². The summed E-state index contributed by atoms with van der Waals surface area (Å²) in [4.78, 5) is 0. The second-order valence-corrected chi connectivity index (χ2v) is 3.90. The summed E-state index contributed by atoms with van der Waals surface area (Å²) in [6.07, 6.45) is 9.66. The monoisotopic (exact) mass is 151 g/mol. The summed E-state index contributed by atoms with van der Waals surface area (Å²) in [6.45, 7) is 2.23. The van der Waals surface area contributed by atoms with Crippen molar-refractivity contribution < 1.29 is 1.37 Å². The van der Waals surface area contributed by atoms with Crippen molar-refractivity contribution in [1.82, 2.24) is 0 Å². The predicted octanol–water partition coefficient (Wildman–Crippen LogP) is 3.53. The normalized spacial score (nSPS) is 42.5. The van der Waals surface area contributed by atoms with Gasteiger partial charge in [-0.25, -0.2) is 0 Å². The summed E-state index contributed by atoms with van der Waals surface area (Å²) in [7, 11) is 0. The molecule has 62 valence electrons. The molecule has 2 aliphatic carbocycles. The van der Waals surface area contributed by atoms with Gasteiger partial charge in [0.25, 0.3) is 0 Å². The van der Waals surface area contributed by atoms with Gasteiger partial charge in [-0.05, 0) is 43.9 Å². The molecule has 0 N–H and O–H groups in total. The van der Waals surface area contributed by atoms with Crippen LogP contribution in [-0.2, 0) is 0 Å². The van der Waals surface area contributed by atoms with Gasteiger partial charge in [-0.3, -0.25) is 0 Å². The lowest BCUT2D eigenvalue weighted by atomic mass is 9.94. The molecule has 2 bridgehead atoms. The molecule has 0 spiro atoms. The van der Waals surface area contributed by atoms with E-state index in [1.807, 2.05) is 0 Å². The Morgan fingerprint density at radius 3 is 3.09 bits per heavy atom. The van der Waals surface area contributed by atoms with Crippen LogP contribution in [0.5, 0.6) is 0 Å². The fraction of sp³-hybridized carbons (Fsp3) is 0.818. The lowest BCUT2D eigenvalue weighted by Crippen LogP contribution is -1.96. The second-order valence-electron chi connectivity index (χ2n) is 3.90. The van der Waals surface area contributed by atoms with E-state index in [0.717, 1.165) is 18.8 Å². The zero-order valence-corrected chi connectivity index (χ0v) is 7.40. The number of allylic oxidation sites excluding steroid dienone is 2. The fourth-order valence-corrected chi connectivity index (χ4v) is 2.34. The Morgan fingerprint density at radius 1 is 1.64 bits per heavy atom. The van der Waals surface area contributed by atoms with Crippen LogP contribution in [0.2, 0.25) is 0 Å². The molecule has 0 radical (unpaired) electrons. The number of fused-ring (bicyclic) bond motifs is 2. The molecule has 0 amide bonds. The van der Waals surface area contributed by atoms with Crippen molar-refractivity contribution in [2.24, 2.45) is 11.8 Å². The molecule has 0 heterocycles. The van der Waals surface area contributed by atoms with Crippen LogP contribution >= 0.6 is 0 Å². The van der Waals surface area contributed by atoms with Crippen molar-refractivity contribution >= 4 is 0 Å². The van der Waals surface area contributed by atoms with E-state index >= 15 is 0 Å². The van der Waals surface area contributed by atoms with Gasteiger partial charge < -0.3 is 0 Å². The van der Waals surface area contributed by atoms with Crippen LogP contribution in [0.25, 0.3) is 0 Å². The summed E-state index contributed by atoms with van der Waals surface area (Å²) in [5, 5.41) is 0. The third-order valence-corrected chi connectivity index (χ3v) is 3.02. The molecular weight excluding hydrogens is 132 g/mol. The van der Waals surface area contributed by atoms with Crippen LogP contribution in [-0.4, -0.2) is 0 Å². The van der Waals surface area contributed by atoms with E-state index < -0.39 is 0 Å². The van der Waals surface area contributed by atoms with E-state index in [2.05, 4.69) is 13.0 Å². The fourth-order valence-electron chi connectivity index (χ4n) is 2.34. The Balaban J connectivity index is 2.02. The first kappa shape index (κ1) is 6.28. The topological polar surface area (TPSA) is 0 Å². The van der Waals surface area contributed by atoms with Crippen LogP contribution in [0.4, 0.5) is 0 Å². The van der Waals surface area contributed by atoms with Crippen LogP contribution in [0.15, 0.2) is 11.6 Å². The van der Waals surface area contributed by atoms with Crippen molar-refractivity contribution in [2.75, 3.05) is 0 Å². The van der Waals surface area contributed by atoms with Crippen LogP contribution in [0.1, 0.15) is 46.8 Å². The highest BCUT2D eigenvalue weighted by Gasteiger charge is 2.31. The second kappa shape index (κ2) is 3.00. The van der Waals surface area contributed by atoms with E-state index in [0.29, 0.717) is 0 Å². The molecule has 0 aliphatic heterocycles. The van der Waals surface area contributed by atoms with Gasteiger partial charge in [0.2, 0.25) is 0 Å². The van der Waals surface area contributed by atoms with Crippen molar-refractivity contribution in [1.29, 1.82) is 0 Å². The minimum absolute atomic E-state index is 0.111. The molecule has 0 aromatic rings. The smallest absolute Gasteiger partial charge is 0.0349 e. The number of hydrogen-bond donors (Lipinski definition) is 0. The lowest BCUT2D eigenvalue weighted by molar-refractivity contribution is 0.609. The summed E-state index contributed by atoms with van der Waals surface area (Å²) >= 11 is 0. The standard InChI is InChI=1S/C11H18/c1-2-3-4-10-7-9-5-6-11(10)8-9/h7,9,11H,2-6,8H2,1H3/i11D. The molecule has 1 fully saturated rings. The SMILES string of the molecule is [2H]C12CCC(C=C1CCCC)C2. The molecular formula is C11H18. The summed E-state index contributed by atoms with van der Waals surface area (Å²) < 4.78 is 8.24. The maximum atomic E-state index is 8.24. The van der Waals surface area contributed by atoms with Gasteiger partial charge in [0, 0.05) is 1.37 Å². The van der Waals surface area contributed by atoms with Crippen molar-refractivity contribution in [3.8, 4) is 0 Å². The Morgan fingerprint density at radius 2 is 2.55 bits per heavy atom. The maximum absolute atomic E-state index is 8.24. The first-order chi connectivity index (χ1) is 5.74. The Labute approximate surface area is 71.1 Å². The first-order valence-corrected chi connectivity index (χ1v) is 4.96. The quantitative estimate of drug-likeness (QED) is 0.541. The Hall–Kier alpha value is -0.260. The van der Waals surface area contributed by atoms with E-state index in [1.54, 1.807) is 0 Å². The highest BCUT2D eigenvalue weighted by molar-refractivity contribution is 5.19. The van der Waals surface area contributed by atoms with Crippen LogP contribution in [0.3, 0.4) is 0 Å². The Kier molecular flexibility index (Phi) is 1.71. The molecule has 2 unspecified atom stereocenters. The number of hydrogen-bond acceptors (Lipinski definition) is 0. The zero-order chi connectivity index (χ0) is 8.60. The van der Waals surface area contributed by atoms with Crippen LogP contribution in [0, 0.1) is 11.8 Å². The van der Waals surface area contributed by atoms with Gasteiger partial charge in [-0.15, -0.1) is 0 Å². The number of unbranched alkanes of at least 4 members (excludes halogenated alkanes) is 1. The number of rotatable bonds is 3. The highest BCUT2D eigenvalue weighted by Crippen LogP contribution is 2.45. The van der Waals surface area contributed by atoms with Gasteiger partial charge in [0.15, 0.2) is 0 Å². The van der Waals surface area contributed by atoms with Crippen molar-refractivity contribution in [3.05, 3.63) is 11.6 Å². The summed E-state index contributed by atoms with van der Waals surface area (Å²) in [5.41, 5.74) is 1.46. The molecule has 11 heavy (non-hydrogen) atoms. The minimum Gasteiger partial charge on any atom is -0.0819 e. The highest BCUT2D eigenvalue weighted by atomic mass is 14.4. The molecule has 0 aromatic carbocycles. The van der Waals surface area contributed by atoms with E-state index in [4.69, 9.17) is 1.37 Å². The predicted molar refractivity (Wildman–Crippen MR) is 48.4 cm³/mol. The minimum atomic E-state index is -0.111. The largest absolute Gasteiger partial charge is 0.0819 e. The third kappa shape index (κ3) is 1.36. The van der Waals surface area contributed by atoms with E-state index in [1.165, 1.54) is 31.3 Å². The molecule has 0 saturated heterocycles. The lowest BCUT2D eigenvalue weighted by Gasteiger charge is -2.11. The van der Waals surface area contributed by atoms with Crippen LogP contribution < -0.4 is 0 Å². The van der Waals surface area contributed by atoms with Crippen molar-refractivity contribution in [2.45, 2.75) is 45.4 Å². The van der Waals surface area contributed by atoms with Crippen molar-refractivity contribution in [3.63, 3.8) is 0 Å². The van der Waals surface area contributed by atoms with Gasteiger partial charge in [-0.2, -0.15) is 0 Å². The molecule has 2 aliphatic rings. The summed E-state index contributed by atoms with van der Waals surface area (Å²) in [5.74, 6) is 0.661. The molecule has 1 saturated carbocycles.